The zero-order valence-corrected chi connectivity index (χ0v) is 19.7. The van der Waals surface area contributed by atoms with Gasteiger partial charge in [0.25, 0.3) is 5.91 Å². The van der Waals surface area contributed by atoms with Gasteiger partial charge in [-0.1, -0.05) is 36.2 Å². The van der Waals surface area contributed by atoms with Crippen molar-refractivity contribution in [3.8, 4) is 0 Å². The Kier molecular flexibility index (Phi) is 7.62. The molecule has 0 spiro atoms. The maximum atomic E-state index is 12.7. The van der Waals surface area contributed by atoms with Gasteiger partial charge in [-0.25, -0.2) is 0 Å². The number of hydrogen-bond acceptors (Lipinski definition) is 4. The first-order valence-corrected chi connectivity index (χ1v) is 12.7. The zero-order valence-electron chi connectivity index (χ0n) is 18.1. The summed E-state index contributed by atoms with van der Waals surface area (Å²) < 4.78 is 0. The number of carbonyl (C=O) groups excluding carboxylic acids is 2. The third-order valence-corrected chi connectivity index (χ3v) is 8.58. The maximum Gasteiger partial charge on any atom is 0.257 e. The fourth-order valence-electron chi connectivity index (χ4n) is 4.92. The van der Waals surface area contributed by atoms with Gasteiger partial charge in [-0.05, 0) is 63.3 Å². The lowest BCUT2D eigenvalue weighted by atomic mass is 9.84. The van der Waals surface area contributed by atoms with Crippen molar-refractivity contribution in [3.05, 3.63) is 39.8 Å². The maximum absolute atomic E-state index is 12.7. The molecule has 2 amide bonds. The normalized spacial score (nSPS) is 30.5. The van der Waals surface area contributed by atoms with E-state index in [4.69, 9.17) is 11.6 Å². The van der Waals surface area contributed by atoms with Gasteiger partial charge >= 0.3 is 0 Å². The molecule has 4 unspecified atom stereocenters. The van der Waals surface area contributed by atoms with Gasteiger partial charge in [0.15, 0.2) is 0 Å². The van der Waals surface area contributed by atoms with Crippen molar-refractivity contribution in [3.63, 3.8) is 0 Å². The van der Waals surface area contributed by atoms with Gasteiger partial charge in [-0.15, -0.1) is 11.8 Å². The lowest BCUT2D eigenvalue weighted by Gasteiger charge is -2.39. The largest absolute Gasteiger partial charge is 0.355 e. The van der Waals surface area contributed by atoms with Gasteiger partial charge in [0.05, 0.1) is 4.91 Å². The summed E-state index contributed by atoms with van der Waals surface area (Å²) in [7, 11) is 0. The van der Waals surface area contributed by atoms with Gasteiger partial charge in [-0.2, -0.15) is 0 Å². The van der Waals surface area contributed by atoms with Crippen molar-refractivity contribution in [2.75, 3.05) is 19.6 Å². The number of thioether (sulfide) groups is 1. The Morgan fingerprint density at radius 3 is 2.94 bits per heavy atom. The van der Waals surface area contributed by atoms with E-state index in [-0.39, 0.29) is 23.8 Å². The highest BCUT2D eigenvalue weighted by Crippen LogP contribution is 2.40. The number of rotatable bonds is 5. The summed E-state index contributed by atoms with van der Waals surface area (Å²) in [5, 5.41) is 7.25. The van der Waals surface area contributed by atoms with Gasteiger partial charge < -0.3 is 10.6 Å². The van der Waals surface area contributed by atoms with Crippen LogP contribution in [0.3, 0.4) is 0 Å². The second kappa shape index (κ2) is 10.4. The van der Waals surface area contributed by atoms with E-state index >= 15 is 0 Å². The van der Waals surface area contributed by atoms with Crippen molar-refractivity contribution >= 4 is 41.3 Å². The van der Waals surface area contributed by atoms with Crippen LogP contribution in [0, 0.1) is 5.92 Å². The van der Waals surface area contributed by atoms with Crippen LogP contribution in [0.4, 0.5) is 0 Å². The second-order valence-electron chi connectivity index (χ2n) is 8.95. The van der Waals surface area contributed by atoms with E-state index in [9.17, 15) is 9.59 Å². The Bertz CT molecular complexity index is 846. The molecule has 3 aliphatic rings. The number of nitrogens with zero attached hydrogens (tertiary/aromatic N) is 1. The minimum absolute atomic E-state index is 0.0185. The minimum atomic E-state index is -0.0636. The molecule has 1 aromatic rings. The molecule has 4 atom stereocenters. The molecule has 0 bridgehead atoms. The Labute approximate surface area is 194 Å². The number of amides is 2. The number of benzene rings is 1. The number of likely N-dealkylation sites (tertiary alicyclic amines) is 1. The van der Waals surface area contributed by atoms with Crippen LogP contribution in [0.1, 0.15) is 51.0 Å². The molecule has 2 aliphatic heterocycles. The molecule has 3 fully saturated rings. The van der Waals surface area contributed by atoms with Crippen molar-refractivity contribution in [2.45, 2.75) is 62.8 Å². The molecule has 1 aromatic carbocycles. The number of halogens is 1. The molecule has 0 aromatic heterocycles. The SMILES string of the molecule is CC1CCCCN1CCNC(=O)C1CCC2S/C(=C/c3ccccc3Cl)C(=O)NC2C1. The predicted molar refractivity (Wildman–Crippen MR) is 128 cm³/mol. The summed E-state index contributed by atoms with van der Waals surface area (Å²) in [5.74, 6) is 0.0566. The van der Waals surface area contributed by atoms with Crippen LogP contribution in [-0.2, 0) is 9.59 Å². The van der Waals surface area contributed by atoms with E-state index in [1.54, 1.807) is 11.8 Å². The molecule has 0 radical (unpaired) electrons. The van der Waals surface area contributed by atoms with Crippen molar-refractivity contribution in [1.29, 1.82) is 0 Å². The average Bonchev–Trinajstić information content (AvgIpc) is 2.76. The van der Waals surface area contributed by atoms with Gasteiger partial charge in [0.1, 0.15) is 0 Å². The topological polar surface area (TPSA) is 61.4 Å². The molecule has 1 aliphatic carbocycles. The van der Waals surface area contributed by atoms with Crippen molar-refractivity contribution in [2.24, 2.45) is 5.92 Å². The number of hydrogen-bond donors (Lipinski definition) is 2. The zero-order chi connectivity index (χ0) is 21.8. The molecule has 5 nitrogen and oxygen atoms in total. The third-order valence-electron chi connectivity index (χ3n) is 6.81. The fourth-order valence-corrected chi connectivity index (χ4v) is 6.39. The van der Waals surface area contributed by atoms with E-state index in [1.807, 2.05) is 30.3 Å². The van der Waals surface area contributed by atoms with Crippen LogP contribution in [0.15, 0.2) is 29.2 Å². The van der Waals surface area contributed by atoms with Crippen LogP contribution < -0.4 is 10.6 Å². The standard InChI is InChI=1S/C24H32ClN3O2S/c1-16-6-4-5-12-28(16)13-11-26-23(29)18-9-10-21-20(14-18)27-24(30)22(31-21)15-17-7-2-3-8-19(17)25/h2-3,7-8,15-16,18,20-21H,4-6,9-14H2,1H3,(H,26,29)(H,27,30)/b22-15+. The molecule has 31 heavy (non-hydrogen) atoms. The molecular weight excluding hydrogens is 430 g/mol. The van der Waals surface area contributed by atoms with E-state index < -0.39 is 0 Å². The molecule has 168 valence electrons. The van der Waals surface area contributed by atoms with Gasteiger partial charge in [-0.3, -0.25) is 14.5 Å². The molecule has 2 saturated heterocycles. The van der Waals surface area contributed by atoms with E-state index in [1.165, 1.54) is 19.3 Å². The Morgan fingerprint density at radius 1 is 1.29 bits per heavy atom. The summed E-state index contributed by atoms with van der Waals surface area (Å²) >= 11 is 7.88. The first-order chi connectivity index (χ1) is 15.0. The van der Waals surface area contributed by atoms with E-state index in [2.05, 4.69) is 22.5 Å². The van der Waals surface area contributed by atoms with Crippen LogP contribution in [0.5, 0.6) is 0 Å². The molecule has 1 saturated carbocycles. The van der Waals surface area contributed by atoms with Crippen LogP contribution >= 0.6 is 23.4 Å². The summed E-state index contributed by atoms with van der Waals surface area (Å²) in [6.45, 7) is 5.05. The lowest BCUT2D eigenvalue weighted by molar-refractivity contribution is -0.127. The van der Waals surface area contributed by atoms with E-state index in [0.29, 0.717) is 34.2 Å². The third kappa shape index (κ3) is 5.65. The summed E-state index contributed by atoms with van der Waals surface area (Å²) in [4.78, 5) is 28.6. The molecule has 2 N–H and O–H groups in total. The first-order valence-electron chi connectivity index (χ1n) is 11.5. The predicted octanol–water partition coefficient (Wildman–Crippen LogP) is 4.07. The molecular formula is C24H32ClN3O2S. The first kappa shape index (κ1) is 22.7. The Hall–Kier alpha value is -1.50. The van der Waals surface area contributed by atoms with Crippen LogP contribution in [-0.4, -0.2) is 53.7 Å². The highest BCUT2D eigenvalue weighted by atomic mass is 35.5. The lowest BCUT2D eigenvalue weighted by Crippen LogP contribution is -2.52. The van der Waals surface area contributed by atoms with Crippen molar-refractivity contribution in [1.82, 2.24) is 15.5 Å². The van der Waals surface area contributed by atoms with Crippen molar-refractivity contribution < 1.29 is 9.59 Å². The Balaban J connectivity index is 1.28. The van der Waals surface area contributed by atoms with Crippen LogP contribution in [0.25, 0.3) is 6.08 Å². The minimum Gasteiger partial charge on any atom is -0.355 e. The molecule has 4 rings (SSSR count). The number of fused-ring (bicyclic) bond motifs is 1. The highest BCUT2D eigenvalue weighted by Gasteiger charge is 2.39. The van der Waals surface area contributed by atoms with E-state index in [0.717, 1.165) is 31.5 Å². The second-order valence-corrected chi connectivity index (χ2v) is 10.6. The van der Waals surface area contributed by atoms with Gasteiger partial charge in [0, 0.05) is 41.4 Å². The fraction of sp³-hybridized carbons (Fsp3) is 0.583. The summed E-state index contributed by atoms with van der Waals surface area (Å²) in [6.07, 6.45) is 8.21. The van der Waals surface area contributed by atoms with Gasteiger partial charge in [0.2, 0.25) is 5.91 Å². The molecule has 7 heteroatoms. The highest BCUT2D eigenvalue weighted by molar-refractivity contribution is 8.04. The summed E-state index contributed by atoms with van der Waals surface area (Å²) in [5.41, 5.74) is 0.858. The number of carbonyl (C=O) groups is 2. The smallest absolute Gasteiger partial charge is 0.257 e. The summed E-state index contributed by atoms with van der Waals surface area (Å²) in [6, 6.07) is 8.21. The van der Waals surface area contributed by atoms with Crippen LogP contribution in [0.2, 0.25) is 5.02 Å². The Morgan fingerprint density at radius 2 is 2.13 bits per heavy atom. The molecule has 2 heterocycles. The number of piperidine rings is 1. The monoisotopic (exact) mass is 461 g/mol. The number of nitrogens with one attached hydrogen (secondary N) is 2. The quantitative estimate of drug-likeness (QED) is 0.649. The average molecular weight is 462 g/mol.